The van der Waals surface area contributed by atoms with Gasteiger partial charge in [0.05, 0.1) is 25.5 Å². The zero-order chi connectivity index (χ0) is 19.4. The second-order valence-electron chi connectivity index (χ2n) is 6.77. The lowest BCUT2D eigenvalue weighted by atomic mass is 10.1. The SMILES string of the molecule is CCNC(=NCc1nc(-c2ccccc2)cs1)NCCCOCC1CCOC1.I. The van der Waals surface area contributed by atoms with Gasteiger partial charge in [-0.1, -0.05) is 30.3 Å². The van der Waals surface area contributed by atoms with Crippen LogP contribution in [0.5, 0.6) is 0 Å². The van der Waals surface area contributed by atoms with Crippen molar-refractivity contribution in [1.29, 1.82) is 0 Å². The standard InChI is InChI=1S/C21H30N4O2S.HI/c1-2-22-21(23-10-6-11-26-14-17-9-12-27-15-17)24-13-20-25-19(16-28-20)18-7-4-3-5-8-18;/h3-5,7-8,16-17H,2,6,9-15H2,1H3,(H2,22,23,24);1H. The molecule has 6 nitrogen and oxygen atoms in total. The van der Waals surface area contributed by atoms with Gasteiger partial charge < -0.3 is 20.1 Å². The Labute approximate surface area is 194 Å². The molecule has 2 aromatic rings. The van der Waals surface area contributed by atoms with E-state index in [1.54, 1.807) is 11.3 Å². The van der Waals surface area contributed by atoms with Crippen LogP contribution in [-0.2, 0) is 16.0 Å². The molecule has 160 valence electrons. The lowest BCUT2D eigenvalue weighted by Crippen LogP contribution is -2.38. The molecule has 0 bridgehead atoms. The summed E-state index contributed by atoms with van der Waals surface area (Å²) in [6.07, 6.45) is 2.08. The van der Waals surface area contributed by atoms with Crippen molar-refractivity contribution in [2.24, 2.45) is 10.9 Å². The second-order valence-corrected chi connectivity index (χ2v) is 7.72. The molecule has 8 heteroatoms. The molecule has 1 saturated heterocycles. The number of nitrogens with zero attached hydrogens (tertiary/aromatic N) is 2. The molecule has 1 aromatic heterocycles. The van der Waals surface area contributed by atoms with Crippen LogP contribution in [0.25, 0.3) is 11.3 Å². The predicted octanol–water partition coefficient (Wildman–Crippen LogP) is 3.93. The molecular formula is C21H31IN4O2S. The molecule has 0 aliphatic carbocycles. The molecule has 0 amide bonds. The van der Waals surface area contributed by atoms with Gasteiger partial charge in [-0.25, -0.2) is 9.98 Å². The Balaban J connectivity index is 0.00000300. The van der Waals surface area contributed by atoms with Crippen molar-refractivity contribution in [3.63, 3.8) is 0 Å². The van der Waals surface area contributed by atoms with E-state index in [2.05, 4.69) is 40.1 Å². The van der Waals surface area contributed by atoms with Crippen molar-refractivity contribution in [3.8, 4) is 11.3 Å². The van der Waals surface area contributed by atoms with Crippen LogP contribution in [0.15, 0.2) is 40.7 Å². The van der Waals surface area contributed by atoms with Crippen molar-refractivity contribution in [3.05, 3.63) is 40.7 Å². The van der Waals surface area contributed by atoms with E-state index in [0.29, 0.717) is 12.5 Å². The largest absolute Gasteiger partial charge is 0.381 e. The Kier molecular flexibility index (Phi) is 11.5. The molecular weight excluding hydrogens is 499 g/mol. The molecule has 1 fully saturated rings. The minimum absolute atomic E-state index is 0. The van der Waals surface area contributed by atoms with Gasteiger partial charge in [0.2, 0.25) is 0 Å². The number of aliphatic imine (C=N–C) groups is 1. The Bertz CT molecular complexity index is 720. The van der Waals surface area contributed by atoms with Crippen LogP contribution in [0.3, 0.4) is 0 Å². The molecule has 1 atom stereocenters. The van der Waals surface area contributed by atoms with Crippen molar-refractivity contribution >= 4 is 41.3 Å². The summed E-state index contributed by atoms with van der Waals surface area (Å²) >= 11 is 1.65. The van der Waals surface area contributed by atoms with Crippen LogP contribution in [0.2, 0.25) is 0 Å². The maximum Gasteiger partial charge on any atom is 0.191 e. The smallest absolute Gasteiger partial charge is 0.191 e. The number of benzene rings is 1. The van der Waals surface area contributed by atoms with Crippen LogP contribution in [0, 0.1) is 5.92 Å². The first-order valence-corrected chi connectivity index (χ1v) is 10.9. The topological polar surface area (TPSA) is 67.8 Å². The zero-order valence-corrected chi connectivity index (χ0v) is 20.1. The van der Waals surface area contributed by atoms with Gasteiger partial charge in [-0.3, -0.25) is 0 Å². The second kappa shape index (κ2) is 13.9. The minimum Gasteiger partial charge on any atom is -0.381 e. The highest BCUT2D eigenvalue weighted by Gasteiger charge is 2.15. The normalized spacial score (nSPS) is 16.4. The fraction of sp³-hybridized carbons (Fsp3) is 0.524. The first-order valence-electron chi connectivity index (χ1n) is 10.0. The highest BCUT2D eigenvalue weighted by molar-refractivity contribution is 14.0. The van der Waals surface area contributed by atoms with Crippen LogP contribution < -0.4 is 10.6 Å². The van der Waals surface area contributed by atoms with Crippen LogP contribution in [-0.4, -0.2) is 50.5 Å². The van der Waals surface area contributed by atoms with Gasteiger partial charge in [0.25, 0.3) is 0 Å². The third kappa shape index (κ3) is 8.57. The van der Waals surface area contributed by atoms with E-state index in [1.807, 2.05) is 18.2 Å². The molecule has 3 rings (SSSR count). The summed E-state index contributed by atoms with van der Waals surface area (Å²) < 4.78 is 11.1. The monoisotopic (exact) mass is 530 g/mol. The summed E-state index contributed by atoms with van der Waals surface area (Å²) in [6.45, 7) is 7.60. The van der Waals surface area contributed by atoms with Crippen molar-refractivity contribution in [2.75, 3.05) is 39.5 Å². The molecule has 1 unspecified atom stereocenters. The van der Waals surface area contributed by atoms with Crippen molar-refractivity contribution in [2.45, 2.75) is 26.3 Å². The average molecular weight is 530 g/mol. The molecule has 2 N–H and O–H groups in total. The van der Waals surface area contributed by atoms with E-state index in [-0.39, 0.29) is 24.0 Å². The summed E-state index contributed by atoms with van der Waals surface area (Å²) in [5, 5.41) is 9.76. The number of rotatable bonds is 10. The van der Waals surface area contributed by atoms with Gasteiger partial charge in [0.1, 0.15) is 5.01 Å². The van der Waals surface area contributed by atoms with E-state index >= 15 is 0 Å². The third-order valence-electron chi connectivity index (χ3n) is 4.47. The number of thiazole rings is 1. The maximum atomic E-state index is 5.74. The predicted molar refractivity (Wildman–Crippen MR) is 130 cm³/mol. The van der Waals surface area contributed by atoms with E-state index < -0.39 is 0 Å². The number of halogens is 1. The number of aromatic nitrogens is 1. The fourth-order valence-electron chi connectivity index (χ4n) is 2.96. The summed E-state index contributed by atoms with van der Waals surface area (Å²) in [4.78, 5) is 9.35. The van der Waals surface area contributed by atoms with E-state index in [4.69, 9.17) is 14.5 Å². The molecule has 1 aliphatic heterocycles. The number of hydrogen-bond acceptors (Lipinski definition) is 5. The summed E-state index contributed by atoms with van der Waals surface area (Å²) in [6, 6.07) is 10.2. The third-order valence-corrected chi connectivity index (χ3v) is 5.31. The molecule has 2 heterocycles. The maximum absolute atomic E-state index is 5.74. The minimum atomic E-state index is 0. The van der Waals surface area contributed by atoms with Gasteiger partial charge in [0.15, 0.2) is 5.96 Å². The molecule has 29 heavy (non-hydrogen) atoms. The van der Waals surface area contributed by atoms with E-state index in [9.17, 15) is 0 Å². The summed E-state index contributed by atoms with van der Waals surface area (Å²) in [5.74, 6) is 1.40. The van der Waals surface area contributed by atoms with Gasteiger partial charge in [-0.2, -0.15) is 0 Å². The van der Waals surface area contributed by atoms with Crippen molar-refractivity contribution < 1.29 is 9.47 Å². The van der Waals surface area contributed by atoms with Gasteiger partial charge >= 0.3 is 0 Å². The van der Waals surface area contributed by atoms with Crippen LogP contribution in [0.4, 0.5) is 0 Å². The quantitative estimate of drug-likeness (QED) is 0.211. The average Bonchev–Trinajstić information content (AvgIpc) is 3.41. The van der Waals surface area contributed by atoms with Crippen LogP contribution in [0.1, 0.15) is 24.8 Å². The molecule has 0 radical (unpaired) electrons. The highest BCUT2D eigenvalue weighted by Crippen LogP contribution is 2.21. The van der Waals surface area contributed by atoms with Crippen LogP contribution >= 0.6 is 35.3 Å². The first-order chi connectivity index (χ1) is 13.8. The van der Waals surface area contributed by atoms with Gasteiger partial charge in [0, 0.05) is 43.2 Å². The lowest BCUT2D eigenvalue weighted by Gasteiger charge is -2.12. The van der Waals surface area contributed by atoms with Gasteiger partial charge in [-0.05, 0) is 19.8 Å². The Morgan fingerprint density at radius 2 is 2.17 bits per heavy atom. The molecule has 1 aliphatic rings. The first kappa shape index (κ1) is 24.0. The van der Waals surface area contributed by atoms with Crippen molar-refractivity contribution in [1.82, 2.24) is 15.6 Å². The zero-order valence-electron chi connectivity index (χ0n) is 16.9. The van der Waals surface area contributed by atoms with E-state index in [1.165, 1.54) is 0 Å². The molecule has 1 aromatic carbocycles. The molecule has 0 spiro atoms. The summed E-state index contributed by atoms with van der Waals surface area (Å²) in [7, 11) is 0. The lowest BCUT2D eigenvalue weighted by molar-refractivity contribution is 0.0888. The highest BCUT2D eigenvalue weighted by atomic mass is 127. The Morgan fingerprint density at radius 3 is 2.93 bits per heavy atom. The Hall–Kier alpha value is -1.23. The number of ether oxygens (including phenoxy) is 2. The Morgan fingerprint density at radius 1 is 1.31 bits per heavy atom. The summed E-state index contributed by atoms with van der Waals surface area (Å²) in [5.41, 5.74) is 2.15. The van der Waals surface area contributed by atoms with Gasteiger partial charge in [-0.15, -0.1) is 35.3 Å². The number of guanidine groups is 1. The molecule has 0 saturated carbocycles. The fourth-order valence-corrected chi connectivity index (χ4v) is 3.69. The van der Waals surface area contributed by atoms with E-state index in [0.717, 1.165) is 74.6 Å². The number of hydrogen-bond donors (Lipinski definition) is 2. The number of nitrogens with one attached hydrogen (secondary N) is 2.